The molecule has 1 atom stereocenters. The van der Waals surface area contributed by atoms with Crippen molar-refractivity contribution < 1.29 is 13.2 Å². The first kappa shape index (κ1) is 17.6. The molecule has 0 saturated heterocycles. The van der Waals surface area contributed by atoms with Crippen molar-refractivity contribution in [3.05, 3.63) is 65.5 Å². The van der Waals surface area contributed by atoms with E-state index in [4.69, 9.17) is 5.26 Å². The Kier molecular flexibility index (Phi) is 5.66. The Bertz CT molecular complexity index is 841. The average molecular weight is 343 g/mol. The van der Waals surface area contributed by atoms with Gasteiger partial charge in [0.1, 0.15) is 5.75 Å². The molecule has 0 aliphatic heterocycles. The number of pyridine rings is 1. The highest BCUT2D eigenvalue weighted by Gasteiger charge is 2.19. The fourth-order valence-corrected chi connectivity index (χ4v) is 3.46. The van der Waals surface area contributed by atoms with Crippen LogP contribution in [0.5, 0.6) is 0 Å². The first-order chi connectivity index (χ1) is 11.4. The van der Waals surface area contributed by atoms with E-state index in [2.05, 4.69) is 10.3 Å². The zero-order valence-electron chi connectivity index (χ0n) is 13.1. The number of nitrogens with one attached hydrogen (secondary N) is 1. The Balaban J connectivity index is 1.95. The summed E-state index contributed by atoms with van der Waals surface area (Å²) in [6.07, 6.45) is 3.25. The monoisotopic (exact) mass is 343 g/mol. The number of carbonyl (C=O) groups excluding carboxylic acids is 1. The number of rotatable bonds is 6. The molecule has 1 aromatic heterocycles. The number of benzene rings is 1. The Morgan fingerprint density at radius 2 is 2.00 bits per heavy atom. The van der Waals surface area contributed by atoms with Crippen molar-refractivity contribution in [3.63, 3.8) is 0 Å². The number of hydrogen-bond donors (Lipinski definition) is 1. The standard InChI is InChI=1S/C17H17N3O3S/c1-13(16-3-2-8-19-10-16)20-17(21)12-24(22,23)11-15-6-4-14(9-18)5-7-15/h2-8,10,13H,11-12H2,1H3,(H,20,21)/t13-/m0/s1. The molecule has 0 spiro atoms. The fraction of sp³-hybridized carbons (Fsp3) is 0.235. The van der Waals surface area contributed by atoms with Gasteiger partial charge < -0.3 is 5.32 Å². The summed E-state index contributed by atoms with van der Waals surface area (Å²) in [4.78, 5) is 15.9. The van der Waals surface area contributed by atoms with Crippen molar-refractivity contribution in [2.45, 2.75) is 18.7 Å². The molecular formula is C17H17N3O3S. The lowest BCUT2D eigenvalue weighted by Gasteiger charge is -2.14. The van der Waals surface area contributed by atoms with Crippen molar-refractivity contribution in [1.82, 2.24) is 10.3 Å². The molecule has 1 N–H and O–H groups in total. The quantitative estimate of drug-likeness (QED) is 0.861. The van der Waals surface area contributed by atoms with Crippen LogP contribution in [0, 0.1) is 11.3 Å². The van der Waals surface area contributed by atoms with Crippen LogP contribution in [0.25, 0.3) is 0 Å². The summed E-state index contributed by atoms with van der Waals surface area (Å²) in [7, 11) is -3.59. The Hall–Kier alpha value is -2.72. The van der Waals surface area contributed by atoms with E-state index in [1.54, 1.807) is 49.6 Å². The van der Waals surface area contributed by atoms with Crippen LogP contribution >= 0.6 is 0 Å². The van der Waals surface area contributed by atoms with Crippen LogP contribution in [-0.4, -0.2) is 25.1 Å². The van der Waals surface area contributed by atoms with Gasteiger partial charge in [0.2, 0.25) is 5.91 Å². The summed E-state index contributed by atoms with van der Waals surface area (Å²) in [5.74, 6) is -1.38. The van der Waals surface area contributed by atoms with Crippen LogP contribution < -0.4 is 5.32 Å². The molecule has 0 saturated carbocycles. The first-order valence-corrected chi connectivity index (χ1v) is 9.10. The van der Waals surface area contributed by atoms with Crippen LogP contribution in [0.3, 0.4) is 0 Å². The van der Waals surface area contributed by atoms with Gasteiger partial charge in [0.25, 0.3) is 0 Å². The van der Waals surface area contributed by atoms with Crippen LogP contribution in [0.1, 0.15) is 29.7 Å². The minimum atomic E-state index is -3.59. The molecule has 0 aliphatic rings. The lowest BCUT2D eigenvalue weighted by atomic mass is 10.1. The predicted octanol–water partition coefficient (Wildman–Crippen LogP) is 1.75. The molecule has 0 bridgehead atoms. The second-order valence-electron chi connectivity index (χ2n) is 5.42. The molecule has 1 amide bonds. The fourth-order valence-electron chi connectivity index (χ4n) is 2.18. The van der Waals surface area contributed by atoms with E-state index in [1.165, 1.54) is 0 Å². The lowest BCUT2D eigenvalue weighted by molar-refractivity contribution is -0.119. The van der Waals surface area contributed by atoms with Crippen LogP contribution in [0.2, 0.25) is 0 Å². The molecule has 0 fully saturated rings. The second kappa shape index (κ2) is 7.70. The van der Waals surface area contributed by atoms with Crippen molar-refractivity contribution in [2.24, 2.45) is 0 Å². The van der Waals surface area contributed by atoms with Gasteiger partial charge >= 0.3 is 0 Å². The maximum Gasteiger partial charge on any atom is 0.235 e. The minimum Gasteiger partial charge on any atom is -0.349 e. The van der Waals surface area contributed by atoms with Gasteiger partial charge in [-0.1, -0.05) is 18.2 Å². The van der Waals surface area contributed by atoms with Crippen LogP contribution in [0.15, 0.2) is 48.8 Å². The van der Waals surface area contributed by atoms with E-state index in [-0.39, 0.29) is 11.8 Å². The lowest BCUT2D eigenvalue weighted by Crippen LogP contribution is -2.32. The number of amides is 1. The molecular weight excluding hydrogens is 326 g/mol. The topological polar surface area (TPSA) is 99.9 Å². The third kappa shape index (κ3) is 5.18. The predicted molar refractivity (Wildman–Crippen MR) is 89.4 cm³/mol. The van der Waals surface area contributed by atoms with Gasteiger partial charge in [0.15, 0.2) is 9.84 Å². The number of nitrogens with zero attached hydrogens (tertiary/aromatic N) is 2. The highest BCUT2D eigenvalue weighted by atomic mass is 32.2. The molecule has 0 aliphatic carbocycles. The van der Waals surface area contributed by atoms with Gasteiger partial charge in [-0.15, -0.1) is 0 Å². The molecule has 1 heterocycles. The van der Waals surface area contributed by atoms with E-state index in [0.717, 1.165) is 5.56 Å². The Morgan fingerprint density at radius 3 is 2.58 bits per heavy atom. The van der Waals surface area contributed by atoms with Crippen molar-refractivity contribution in [2.75, 3.05) is 5.75 Å². The molecule has 0 radical (unpaired) electrons. The summed E-state index contributed by atoms with van der Waals surface area (Å²) >= 11 is 0. The molecule has 6 nitrogen and oxygen atoms in total. The smallest absolute Gasteiger partial charge is 0.235 e. The summed E-state index contributed by atoms with van der Waals surface area (Å²) < 4.78 is 24.3. The number of sulfone groups is 1. The molecule has 0 unspecified atom stereocenters. The molecule has 124 valence electrons. The summed E-state index contributed by atoms with van der Waals surface area (Å²) in [5.41, 5.74) is 1.80. The molecule has 2 aromatic rings. The van der Waals surface area contributed by atoms with Gasteiger partial charge in [-0.3, -0.25) is 9.78 Å². The van der Waals surface area contributed by atoms with Gasteiger partial charge in [-0.2, -0.15) is 5.26 Å². The minimum absolute atomic E-state index is 0.243. The molecule has 24 heavy (non-hydrogen) atoms. The highest BCUT2D eigenvalue weighted by Crippen LogP contribution is 2.11. The largest absolute Gasteiger partial charge is 0.349 e. The molecule has 7 heteroatoms. The number of carbonyl (C=O) groups is 1. The normalized spacial score (nSPS) is 12.2. The molecule has 2 rings (SSSR count). The SMILES string of the molecule is C[C@H](NC(=O)CS(=O)(=O)Cc1ccc(C#N)cc1)c1cccnc1. The van der Waals surface area contributed by atoms with E-state index in [9.17, 15) is 13.2 Å². The van der Waals surface area contributed by atoms with Gasteiger partial charge in [0.05, 0.1) is 23.4 Å². The Labute approximate surface area is 141 Å². The number of nitriles is 1. The Morgan fingerprint density at radius 1 is 1.29 bits per heavy atom. The maximum atomic E-state index is 12.1. The van der Waals surface area contributed by atoms with E-state index in [0.29, 0.717) is 11.1 Å². The third-order valence-electron chi connectivity index (χ3n) is 3.38. The zero-order valence-corrected chi connectivity index (χ0v) is 14.0. The van der Waals surface area contributed by atoms with Crippen LogP contribution in [-0.2, 0) is 20.4 Å². The first-order valence-electron chi connectivity index (χ1n) is 7.28. The van der Waals surface area contributed by atoms with Crippen molar-refractivity contribution >= 4 is 15.7 Å². The van der Waals surface area contributed by atoms with Crippen LogP contribution in [0.4, 0.5) is 0 Å². The number of aromatic nitrogens is 1. The molecule has 1 aromatic carbocycles. The van der Waals surface area contributed by atoms with Gasteiger partial charge in [-0.25, -0.2) is 8.42 Å². The van der Waals surface area contributed by atoms with E-state index >= 15 is 0 Å². The van der Waals surface area contributed by atoms with E-state index < -0.39 is 21.5 Å². The highest BCUT2D eigenvalue weighted by molar-refractivity contribution is 7.91. The second-order valence-corrected chi connectivity index (χ2v) is 7.48. The third-order valence-corrected chi connectivity index (χ3v) is 4.86. The summed E-state index contributed by atoms with van der Waals surface area (Å²) in [6, 6.07) is 11.5. The zero-order chi connectivity index (χ0) is 17.6. The van der Waals surface area contributed by atoms with Crippen molar-refractivity contribution in [3.8, 4) is 6.07 Å². The van der Waals surface area contributed by atoms with Crippen molar-refractivity contribution in [1.29, 1.82) is 5.26 Å². The number of hydrogen-bond acceptors (Lipinski definition) is 5. The maximum absolute atomic E-state index is 12.1. The summed E-state index contributed by atoms with van der Waals surface area (Å²) in [5, 5.41) is 11.4. The average Bonchev–Trinajstić information content (AvgIpc) is 2.55. The van der Waals surface area contributed by atoms with E-state index in [1.807, 2.05) is 12.1 Å². The van der Waals surface area contributed by atoms with Gasteiger partial charge in [0, 0.05) is 12.4 Å². The van der Waals surface area contributed by atoms with Gasteiger partial charge in [-0.05, 0) is 36.2 Å². The summed E-state index contributed by atoms with van der Waals surface area (Å²) in [6.45, 7) is 1.77.